The Balaban J connectivity index is 1.46. The Morgan fingerprint density at radius 3 is 2.61 bits per heavy atom. The lowest BCUT2D eigenvalue weighted by Crippen LogP contribution is -2.47. The molecule has 1 aliphatic carbocycles. The van der Waals surface area contributed by atoms with Crippen LogP contribution in [-0.2, 0) is 10.9 Å². The molecule has 0 amide bonds. The fourth-order valence-electron chi connectivity index (χ4n) is 4.56. The van der Waals surface area contributed by atoms with Crippen molar-refractivity contribution in [3.8, 4) is 0 Å². The quantitative estimate of drug-likeness (QED) is 0.725. The molecular weight excluding hydrogens is 429 g/mol. The monoisotopic (exact) mass is 454 g/mol. The minimum absolute atomic E-state index is 0.0633. The van der Waals surface area contributed by atoms with Crippen LogP contribution in [0.25, 0.3) is 0 Å². The van der Waals surface area contributed by atoms with Gasteiger partial charge in [0.15, 0.2) is 11.5 Å². The van der Waals surface area contributed by atoms with Crippen LogP contribution < -0.4 is 16.4 Å². The first kappa shape index (κ1) is 22.1. The molecule has 3 heterocycles. The van der Waals surface area contributed by atoms with E-state index in [0.29, 0.717) is 5.82 Å². The molecule has 1 aliphatic heterocycles. The van der Waals surface area contributed by atoms with Crippen molar-refractivity contribution in [3.05, 3.63) is 30.2 Å². The molecule has 2 aromatic heterocycles. The van der Waals surface area contributed by atoms with Gasteiger partial charge in [-0.2, -0.15) is 13.2 Å². The number of pyridine rings is 1. The Hall–Kier alpha value is -2.11. The van der Waals surface area contributed by atoms with Crippen LogP contribution in [0.1, 0.15) is 31.4 Å². The zero-order chi connectivity index (χ0) is 22.2. The lowest BCUT2D eigenvalue weighted by molar-refractivity contribution is -0.143. The van der Waals surface area contributed by atoms with Gasteiger partial charge in [-0.3, -0.25) is 4.98 Å². The summed E-state index contributed by atoms with van der Waals surface area (Å²) in [6.45, 7) is 1.54. The third-order valence-electron chi connectivity index (χ3n) is 6.35. The first-order valence-corrected chi connectivity index (χ1v) is 10.9. The van der Waals surface area contributed by atoms with Crippen molar-refractivity contribution >= 4 is 23.4 Å². The predicted octanol–water partition coefficient (Wildman–Crippen LogP) is 3.35. The molecule has 1 saturated carbocycles. The van der Waals surface area contributed by atoms with Gasteiger partial charge in [-0.05, 0) is 43.2 Å². The fourth-order valence-corrected chi connectivity index (χ4v) is 5.44. The van der Waals surface area contributed by atoms with Gasteiger partial charge in [0.25, 0.3) is 0 Å². The first-order valence-electron chi connectivity index (χ1n) is 10.1. The second-order valence-electron chi connectivity index (χ2n) is 8.12. The lowest BCUT2D eigenvalue weighted by Gasteiger charge is -2.42. The van der Waals surface area contributed by atoms with Crippen molar-refractivity contribution in [2.24, 2.45) is 11.1 Å². The number of ether oxygens (including phenoxy) is 1. The van der Waals surface area contributed by atoms with Gasteiger partial charge in [0, 0.05) is 37.3 Å². The van der Waals surface area contributed by atoms with Crippen LogP contribution in [0.15, 0.2) is 34.4 Å². The standard InChI is InChI=1S/C20H25F3N6OS/c1-30-12-9-14(24)19(10-12)4-7-29(8-5-19)15-11-27-18(17(25)28-15)31-13-3-2-6-26-16(13)20(21,22)23/h2-3,6,11-12,14H,4-5,7-10,24H2,1H3,(H2,25,28). The Kier molecular flexibility index (Phi) is 6.01. The van der Waals surface area contributed by atoms with Gasteiger partial charge in [-0.1, -0.05) is 11.8 Å². The number of hydrogen-bond donors (Lipinski definition) is 2. The number of nitrogens with zero attached hydrogens (tertiary/aromatic N) is 4. The number of rotatable bonds is 4. The topological polar surface area (TPSA) is 103 Å². The van der Waals surface area contributed by atoms with Crippen molar-refractivity contribution in [1.29, 1.82) is 0 Å². The highest BCUT2D eigenvalue weighted by molar-refractivity contribution is 7.99. The second-order valence-corrected chi connectivity index (χ2v) is 9.15. The number of piperidine rings is 1. The highest BCUT2D eigenvalue weighted by atomic mass is 32.2. The van der Waals surface area contributed by atoms with Gasteiger partial charge in [0.1, 0.15) is 10.8 Å². The van der Waals surface area contributed by atoms with E-state index >= 15 is 0 Å². The van der Waals surface area contributed by atoms with Gasteiger partial charge < -0.3 is 21.1 Å². The Bertz CT molecular complexity index is 935. The highest BCUT2D eigenvalue weighted by Gasteiger charge is 2.47. The van der Waals surface area contributed by atoms with E-state index in [-0.39, 0.29) is 33.3 Å². The Labute approximate surface area is 182 Å². The van der Waals surface area contributed by atoms with Crippen molar-refractivity contribution in [2.75, 3.05) is 30.8 Å². The van der Waals surface area contributed by atoms with Gasteiger partial charge in [0.2, 0.25) is 0 Å². The maximum absolute atomic E-state index is 13.2. The minimum atomic E-state index is -4.56. The second kappa shape index (κ2) is 8.44. The SMILES string of the molecule is COC1CC(N)C2(CCN(c3cnc(Sc4cccnc4C(F)(F)F)c(N)n3)CC2)C1. The minimum Gasteiger partial charge on any atom is -0.381 e. The summed E-state index contributed by atoms with van der Waals surface area (Å²) in [6.07, 6.45) is 2.03. The van der Waals surface area contributed by atoms with Crippen molar-refractivity contribution in [2.45, 2.75) is 53.9 Å². The number of aromatic nitrogens is 3. The van der Waals surface area contributed by atoms with E-state index in [9.17, 15) is 13.2 Å². The van der Waals surface area contributed by atoms with E-state index in [4.69, 9.17) is 16.2 Å². The fraction of sp³-hybridized carbons (Fsp3) is 0.550. The molecule has 1 saturated heterocycles. The zero-order valence-corrected chi connectivity index (χ0v) is 17.9. The molecule has 31 heavy (non-hydrogen) atoms. The van der Waals surface area contributed by atoms with Crippen molar-refractivity contribution < 1.29 is 17.9 Å². The molecule has 2 aliphatic rings. The number of hydrogen-bond acceptors (Lipinski definition) is 8. The molecule has 168 valence electrons. The van der Waals surface area contributed by atoms with Crippen LogP contribution in [0.2, 0.25) is 0 Å². The van der Waals surface area contributed by atoms with Crippen molar-refractivity contribution in [1.82, 2.24) is 15.0 Å². The molecular formula is C20H25F3N6OS. The number of alkyl halides is 3. The molecule has 2 atom stereocenters. The predicted molar refractivity (Wildman–Crippen MR) is 112 cm³/mol. The maximum Gasteiger partial charge on any atom is 0.434 e. The molecule has 0 aromatic carbocycles. The number of nitrogen functional groups attached to an aromatic ring is 1. The summed E-state index contributed by atoms with van der Waals surface area (Å²) in [5, 5.41) is 0.219. The first-order chi connectivity index (χ1) is 14.7. The van der Waals surface area contributed by atoms with Gasteiger partial charge >= 0.3 is 6.18 Å². The largest absolute Gasteiger partial charge is 0.434 e. The third-order valence-corrected chi connectivity index (χ3v) is 7.41. The van der Waals surface area contributed by atoms with Crippen LogP contribution in [0.3, 0.4) is 0 Å². The van der Waals surface area contributed by atoms with Crippen LogP contribution in [0.5, 0.6) is 0 Å². The van der Waals surface area contributed by atoms with Gasteiger partial charge in [0.05, 0.1) is 12.3 Å². The molecule has 0 radical (unpaired) electrons. The number of nitrogens with two attached hydrogens (primary N) is 2. The summed E-state index contributed by atoms with van der Waals surface area (Å²) in [4.78, 5) is 14.2. The van der Waals surface area contributed by atoms with Gasteiger partial charge in [-0.25, -0.2) is 9.97 Å². The lowest BCUT2D eigenvalue weighted by atomic mass is 9.74. The van der Waals surface area contributed by atoms with E-state index < -0.39 is 11.9 Å². The van der Waals surface area contributed by atoms with E-state index in [1.807, 2.05) is 0 Å². The van der Waals surface area contributed by atoms with Gasteiger partial charge in [-0.15, -0.1) is 0 Å². The van der Waals surface area contributed by atoms with Crippen LogP contribution in [0, 0.1) is 5.41 Å². The molecule has 0 bridgehead atoms. The maximum atomic E-state index is 13.2. The Morgan fingerprint density at radius 1 is 1.26 bits per heavy atom. The molecule has 7 nitrogen and oxygen atoms in total. The molecule has 2 fully saturated rings. The molecule has 2 aromatic rings. The average molecular weight is 455 g/mol. The molecule has 1 spiro atoms. The summed E-state index contributed by atoms with van der Waals surface area (Å²) in [7, 11) is 1.73. The highest BCUT2D eigenvalue weighted by Crippen LogP contribution is 2.47. The molecule has 4 rings (SSSR count). The van der Waals surface area contributed by atoms with E-state index in [2.05, 4.69) is 19.9 Å². The summed E-state index contributed by atoms with van der Waals surface area (Å²) in [5.41, 5.74) is 11.6. The molecule has 2 unspecified atom stereocenters. The number of anilines is 2. The summed E-state index contributed by atoms with van der Waals surface area (Å²) in [5.74, 6) is 0.713. The van der Waals surface area contributed by atoms with E-state index in [1.165, 1.54) is 12.1 Å². The van der Waals surface area contributed by atoms with Crippen molar-refractivity contribution in [3.63, 3.8) is 0 Å². The molecule has 11 heteroatoms. The Morgan fingerprint density at radius 2 is 2.00 bits per heavy atom. The van der Waals surface area contributed by atoms with E-state index in [1.54, 1.807) is 13.3 Å². The number of halogens is 3. The zero-order valence-electron chi connectivity index (χ0n) is 17.1. The number of methoxy groups -OCH3 is 1. The van der Waals surface area contributed by atoms with E-state index in [0.717, 1.165) is 56.7 Å². The summed E-state index contributed by atoms with van der Waals surface area (Å²) >= 11 is 0.811. The average Bonchev–Trinajstić information content (AvgIpc) is 3.05. The third kappa shape index (κ3) is 4.44. The van der Waals surface area contributed by atoms with Crippen LogP contribution in [-0.4, -0.2) is 47.3 Å². The summed E-state index contributed by atoms with van der Waals surface area (Å²) in [6, 6.07) is 2.91. The smallest absolute Gasteiger partial charge is 0.381 e. The van der Waals surface area contributed by atoms with Crippen LogP contribution >= 0.6 is 11.8 Å². The van der Waals surface area contributed by atoms with Crippen LogP contribution in [0.4, 0.5) is 24.8 Å². The molecule has 4 N–H and O–H groups in total. The normalized spacial score (nSPS) is 23.5. The summed E-state index contributed by atoms with van der Waals surface area (Å²) < 4.78 is 45.1.